The van der Waals surface area contributed by atoms with E-state index >= 15 is 0 Å². The summed E-state index contributed by atoms with van der Waals surface area (Å²) in [4.78, 5) is 22.4. The summed E-state index contributed by atoms with van der Waals surface area (Å²) in [6, 6.07) is 4.82. The minimum Gasteiger partial charge on any atom is -0.323 e. The molecule has 23 heavy (non-hydrogen) atoms. The molecule has 0 saturated heterocycles. The maximum absolute atomic E-state index is 12.3. The van der Waals surface area contributed by atoms with Crippen LogP contribution in [0.2, 0.25) is 5.02 Å². The van der Waals surface area contributed by atoms with E-state index in [-0.39, 0.29) is 16.9 Å². The van der Waals surface area contributed by atoms with Crippen molar-refractivity contribution < 1.29 is 9.72 Å². The predicted octanol–water partition coefficient (Wildman–Crippen LogP) is 2.82. The number of hydrogen-bond donors (Lipinski definition) is 1. The van der Waals surface area contributed by atoms with Crippen molar-refractivity contribution in [1.82, 2.24) is 9.78 Å². The van der Waals surface area contributed by atoms with Crippen LogP contribution >= 0.6 is 11.6 Å². The fourth-order valence-corrected chi connectivity index (χ4v) is 2.12. The molecule has 9 heteroatoms. The van der Waals surface area contributed by atoms with Crippen LogP contribution in [0.5, 0.6) is 0 Å². The molecule has 0 aliphatic heterocycles. The van der Waals surface area contributed by atoms with Gasteiger partial charge in [-0.15, -0.1) is 0 Å². The average Bonchev–Trinajstić information content (AvgIpc) is 2.86. The summed E-state index contributed by atoms with van der Waals surface area (Å²) < 4.78 is 1.45. The highest BCUT2D eigenvalue weighted by Gasteiger charge is 2.20. The van der Waals surface area contributed by atoms with Crippen molar-refractivity contribution in [3.8, 4) is 6.07 Å². The molecule has 0 bridgehead atoms. The normalized spacial score (nSPS) is 11.6. The van der Waals surface area contributed by atoms with E-state index in [2.05, 4.69) is 10.4 Å². The van der Waals surface area contributed by atoms with Gasteiger partial charge in [0.05, 0.1) is 33.1 Å². The third-order valence-corrected chi connectivity index (χ3v) is 3.69. The zero-order chi connectivity index (χ0) is 17.1. The highest BCUT2D eigenvalue weighted by Crippen LogP contribution is 2.23. The fraction of sp³-hybridized carbons (Fsp3) is 0.214. The number of rotatable bonds is 4. The Hall–Kier alpha value is -2.92. The van der Waals surface area contributed by atoms with Gasteiger partial charge in [0.1, 0.15) is 12.1 Å². The Morgan fingerprint density at radius 3 is 2.78 bits per heavy atom. The highest BCUT2D eigenvalue weighted by atomic mass is 35.5. The molecule has 1 unspecified atom stereocenters. The number of nitro groups is 1. The molecule has 0 radical (unpaired) electrons. The molecule has 1 amide bonds. The number of nitro benzene ring substituents is 1. The number of anilines is 1. The monoisotopic (exact) mass is 333 g/mol. The minimum absolute atomic E-state index is 0.00923. The van der Waals surface area contributed by atoms with Gasteiger partial charge in [-0.05, 0) is 19.9 Å². The first-order valence-corrected chi connectivity index (χ1v) is 6.92. The number of amides is 1. The summed E-state index contributed by atoms with van der Waals surface area (Å²) in [5, 5.41) is 26.8. The van der Waals surface area contributed by atoms with E-state index in [0.29, 0.717) is 10.7 Å². The van der Waals surface area contributed by atoms with Gasteiger partial charge in [-0.2, -0.15) is 10.4 Å². The van der Waals surface area contributed by atoms with Crippen LogP contribution < -0.4 is 5.32 Å². The number of nitriles is 1. The molecule has 0 aliphatic carbocycles. The largest absolute Gasteiger partial charge is 0.323 e. The van der Waals surface area contributed by atoms with E-state index in [1.54, 1.807) is 13.8 Å². The number of hydrogen-bond acceptors (Lipinski definition) is 5. The molecule has 0 aliphatic rings. The molecule has 2 aromatic rings. The molecule has 1 heterocycles. The van der Waals surface area contributed by atoms with E-state index in [0.717, 1.165) is 6.07 Å². The van der Waals surface area contributed by atoms with E-state index in [9.17, 15) is 14.9 Å². The van der Waals surface area contributed by atoms with Gasteiger partial charge in [0, 0.05) is 12.1 Å². The summed E-state index contributed by atoms with van der Waals surface area (Å²) in [5.74, 6) is -0.418. The third kappa shape index (κ3) is 3.30. The standard InChI is InChI=1S/C14H12ClN5O3/c1-8-12(15)7-17-19(8)9(2)14(21)18-13-4-3-11(20(22)23)5-10(13)6-16/h3-5,7,9H,1-2H3,(H,18,21). The Morgan fingerprint density at radius 1 is 1.57 bits per heavy atom. The van der Waals surface area contributed by atoms with Crippen molar-refractivity contribution in [2.75, 3.05) is 5.32 Å². The molecule has 1 atom stereocenters. The van der Waals surface area contributed by atoms with Crippen molar-refractivity contribution in [3.63, 3.8) is 0 Å². The molecule has 0 spiro atoms. The summed E-state index contributed by atoms with van der Waals surface area (Å²) in [7, 11) is 0. The molecule has 1 N–H and O–H groups in total. The van der Waals surface area contributed by atoms with Crippen LogP contribution in [0.1, 0.15) is 24.2 Å². The van der Waals surface area contributed by atoms with Gasteiger partial charge in [-0.1, -0.05) is 11.6 Å². The van der Waals surface area contributed by atoms with Crippen LogP contribution in [0.25, 0.3) is 0 Å². The smallest absolute Gasteiger partial charge is 0.270 e. The Kier molecular flexibility index (Phi) is 4.62. The molecule has 0 saturated carbocycles. The number of nitrogens with one attached hydrogen (secondary N) is 1. The Balaban J connectivity index is 2.25. The van der Waals surface area contributed by atoms with E-state index < -0.39 is 16.9 Å². The maximum Gasteiger partial charge on any atom is 0.270 e. The second-order valence-corrected chi connectivity index (χ2v) is 5.19. The Labute approximate surface area is 136 Å². The van der Waals surface area contributed by atoms with Crippen LogP contribution in [-0.2, 0) is 4.79 Å². The first-order valence-electron chi connectivity index (χ1n) is 6.54. The van der Waals surface area contributed by atoms with Gasteiger partial charge in [0.15, 0.2) is 0 Å². The SMILES string of the molecule is Cc1c(Cl)cnn1C(C)C(=O)Nc1ccc([N+](=O)[O-])cc1C#N. The van der Waals surface area contributed by atoms with Crippen LogP contribution in [0.4, 0.5) is 11.4 Å². The second-order valence-electron chi connectivity index (χ2n) is 4.79. The van der Waals surface area contributed by atoms with Gasteiger partial charge in [-0.3, -0.25) is 19.6 Å². The highest BCUT2D eigenvalue weighted by molar-refractivity contribution is 6.31. The van der Waals surface area contributed by atoms with Crippen molar-refractivity contribution in [2.45, 2.75) is 19.9 Å². The lowest BCUT2D eigenvalue weighted by Gasteiger charge is -2.15. The topological polar surface area (TPSA) is 114 Å². The first-order chi connectivity index (χ1) is 10.8. The molecule has 8 nitrogen and oxygen atoms in total. The van der Waals surface area contributed by atoms with Gasteiger partial charge in [-0.25, -0.2) is 0 Å². The van der Waals surface area contributed by atoms with Gasteiger partial charge >= 0.3 is 0 Å². The Bertz CT molecular complexity index is 824. The van der Waals surface area contributed by atoms with Crippen molar-refractivity contribution >= 4 is 28.9 Å². The van der Waals surface area contributed by atoms with Crippen LogP contribution in [0.3, 0.4) is 0 Å². The Morgan fingerprint density at radius 2 is 2.26 bits per heavy atom. The van der Waals surface area contributed by atoms with Crippen LogP contribution in [-0.4, -0.2) is 20.6 Å². The molecule has 2 rings (SSSR count). The lowest BCUT2D eigenvalue weighted by molar-refractivity contribution is -0.384. The fourth-order valence-electron chi connectivity index (χ4n) is 1.99. The molecule has 1 aromatic carbocycles. The number of aromatic nitrogens is 2. The van der Waals surface area contributed by atoms with Crippen LogP contribution in [0.15, 0.2) is 24.4 Å². The van der Waals surface area contributed by atoms with Crippen LogP contribution in [0, 0.1) is 28.4 Å². The summed E-state index contributed by atoms with van der Waals surface area (Å²) in [6.07, 6.45) is 1.44. The summed E-state index contributed by atoms with van der Waals surface area (Å²) in [5.41, 5.74) is 0.627. The summed E-state index contributed by atoms with van der Waals surface area (Å²) >= 11 is 5.91. The molecular formula is C14H12ClN5O3. The van der Waals surface area contributed by atoms with E-state index in [1.807, 2.05) is 6.07 Å². The van der Waals surface area contributed by atoms with Gasteiger partial charge in [0.25, 0.3) is 5.69 Å². The van der Waals surface area contributed by atoms with Gasteiger partial charge < -0.3 is 5.32 Å². The second kappa shape index (κ2) is 6.46. The molecule has 0 fully saturated rings. The number of carbonyl (C=O) groups excluding carboxylic acids is 1. The molecule has 1 aromatic heterocycles. The lowest BCUT2D eigenvalue weighted by atomic mass is 10.1. The number of nitrogens with zero attached hydrogens (tertiary/aromatic N) is 4. The first kappa shape index (κ1) is 16.5. The van der Waals surface area contributed by atoms with Crippen molar-refractivity contribution in [3.05, 3.63) is 50.8 Å². The third-order valence-electron chi connectivity index (χ3n) is 3.32. The van der Waals surface area contributed by atoms with Crippen molar-refractivity contribution in [1.29, 1.82) is 5.26 Å². The molecular weight excluding hydrogens is 322 g/mol. The molecule has 118 valence electrons. The number of carbonyl (C=O) groups is 1. The van der Waals surface area contributed by atoms with Crippen molar-refractivity contribution in [2.24, 2.45) is 0 Å². The zero-order valence-corrected chi connectivity index (χ0v) is 13.0. The van der Waals surface area contributed by atoms with Gasteiger partial charge in [0.2, 0.25) is 5.91 Å². The minimum atomic E-state index is -0.663. The number of halogens is 1. The number of benzene rings is 1. The van der Waals surface area contributed by atoms with E-state index in [1.165, 1.54) is 23.0 Å². The average molecular weight is 334 g/mol. The van der Waals surface area contributed by atoms with E-state index in [4.69, 9.17) is 16.9 Å². The summed E-state index contributed by atoms with van der Waals surface area (Å²) in [6.45, 7) is 3.36. The maximum atomic E-state index is 12.3. The predicted molar refractivity (Wildman–Crippen MR) is 83.1 cm³/mol. The zero-order valence-electron chi connectivity index (χ0n) is 12.3. The number of non-ortho nitro benzene ring substituents is 1. The lowest BCUT2D eigenvalue weighted by Crippen LogP contribution is -2.25. The quantitative estimate of drug-likeness (QED) is 0.682.